The van der Waals surface area contributed by atoms with Gasteiger partial charge in [-0.3, -0.25) is 9.59 Å². The summed E-state index contributed by atoms with van der Waals surface area (Å²) in [6, 6.07) is 3.82. The van der Waals surface area contributed by atoms with Crippen molar-refractivity contribution in [2.75, 3.05) is 19.8 Å². The van der Waals surface area contributed by atoms with Crippen LogP contribution in [0.3, 0.4) is 0 Å². The van der Waals surface area contributed by atoms with Crippen LogP contribution in [-0.4, -0.2) is 31.6 Å². The van der Waals surface area contributed by atoms with Gasteiger partial charge in [0.1, 0.15) is 0 Å². The second-order valence-electron chi connectivity index (χ2n) is 6.85. The van der Waals surface area contributed by atoms with Gasteiger partial charge < -0.3 is 15.8 Å². The van der Waals surface area contributed by atoms with Crippen molar-refractivity contribution < 1.29 is 14.3 Å². The molecule has 5 nitrogen and oxygen atoms in total. The van der Waals surface area contributed by atoms with Crippen molar-refractivity contribution in [3.63, 3.8) is 0 Å². The molecule has 1 aromatic rings. The first-order chi connectivity index (χ1) is 10.2. The van der Waals surface area contributed by atoms with Gasteiger partial charge in [0, 0.05) is 24.6 Å². The molecule has 0 aromatic carbocycles. The molecule has 0 saturated carbocycles. The van der Waals surface area contributed by atoms with Crippen LogP contribution >= 0.6 is 11.3 Å². The fourth-order valence-corrected chi connectivity index (χ4v) is 3.45. The Kier molecular flexibility index (Phi) is 4.92. The van der Waals surface area contributed by atoms with Gasteiger partial charge in [-0.2, -0.15) is 0 Å². The van der Waals surface area contributed by atoms with Crippen molar-refractivity contribution in [1.29, 1.82) is 0 Å². The average Bonchev–Trinajstić information content (AvgIpc) is 2.95. The van der Waals surface area contributed by atoms with Crippen LogP contribution in [0.4, 0.5) is 0 Å². The smallest absolute Gasteiger partial charge is 0.261 e. The van der Waals surface area contributed by atoms with Crippen LogP contribution in [0.2, 0.25) is 0 Å². The zero-order chi connectivity index (χ0) is 16.4. The minimum Gasteiger partial charge on any atom is -0.381 e. The molecule has 0 bridgehead atoms. The van der Waals surface area contributed by atoms with Gasteiger partial charge in [-0.05, 0) is 30.4 Å². The van der Waals surface area contributed by atoms with E-state index in [1.165, 1.54) is 11.3 Å². The second kappa shape index (κ2) is 6.38. The molecule has 6 heteroatoms. The molecule has 122 valence electrons. The number of carbonyl (C=O) groups is 2. The van der Waals surface area contributed by atoms with Crippen molar-refractivity contribution >= 4 is 23.2 Å². The summed E-state index contributed by atoms with van der Waals surface area (Å²) in [5.74, 6) is -0.509. The largest absolute Gasteiger partial charge is 0.381 e. The Balaban J connectivity index is 2.02. The van der Waals surface area contributed by atoms with E-state index in [1.54, 1.807) is 0 Å². The Morgan fingerprint density at radius 1 is 1.32 bits per heavy atom. The first kappa shape index (κ1) is 17.0. The van der Waals surface area contributed by atoms with Crippen LogP contribution in [0.15, 0.2) is 12.1 Å². The Morgan fingerprint density at radius 2 is 1.95 bits per heavy atom. The van der Waals surface area contributed by atoms with Gasteiger partial charge in [0.15, 0.2) is 0 Å². The number of nitrogens with one attached hydrogen (secondary N) is 1. The zero-order valence-corrected chi connectivity index (χ0v) is 14.2. The van der Waals surface area contributed by atoms with E-state index >= 15 is 0 Å². The number of primary amides is 1. The van der Waals surface area contributed by atoms with E-state index in [2.05, 4.69) is 26.1 Å². The molecule has 0 aliphatic carbocycles. The first-order valence-electron chi connectivity index (χ1n) is 7.51. The molecule has 2 rings (SSSR count). The monoisotopic (exact) mass is 324 g/mol. The van der Waals surface area contributed by atoms with E-state index in [1.807, 2.05) is 12.1 Å². The fourth-order valence-electron chi connectivity index (χ4n) is 2.47. The quantitative estimate of drug-likeness (QED) is 0.889. The molecule has 0 atom stereocenters. The number of nitrogens with two attached hydrogens (primary N) is 1. The minimum absolute atomic E-state index is 0.0261. The van der Waals surface area contributed by atoms with Gasteiger partial charge in [-0.15, -0.1) is 11.3 Å². The summed E-state index contributed by atoms with van der Waals surface area (Å²) in [6.45, 7) is 7.63. The summed E-state index contributed by atoms with van der Waals surface area (Å²) in [5.41, 5.74) is 4.89. The molecular formula is C16H24N2O3S. The number of amides is 2. The first-order valence-corrected chi connectivity index (χ1v) is 8.32. The van der Waals surface area contributed by atoms with Gasteiger partial charge >= 0.3 is 0 Å². The second-order valence-corrected chi connectivity index (χ2v) is 7.94. The van der Waals surface area contributed by atoms with Crippen LogP contribution in [0, 0.1) is 5.41 Å². The molecule has 1 aliphatic rings. The van der Waals surface area contributed by atoms with Gasteiger partial charge in [0.05, 0.1) is 10.3 Å². The Morgan fingerprint density at radius 3 is 2.45 bits per heavy atom. The van der Waals surface area contributed by atoms with Crippen molar-refractivity contribution in [2.45, 2.75) is 39.0 Å². The van der Waals surface area contributed by atoms with Crippen molar-refractivity contribution in [1.82, 2.24) is 5.32 Å². The predicted molar refractivity (Wildman–Crippen MR) is 87.0 cm³/mol. The summed E-state index contributed by atoms with van der Waals surface area (Å²) in [7, 11) is 0. The molecule has 1 saturated heterocycles. The normalized spacial score (nSPS) is 18.0. The van der Waals surface area contributed by atoms with E-state index in [0.29, 0.717) is 30.9 Å². The highest BCUT2D eigenvalue weighted by molar-refractivity contribution is 7.14. The number of rotatable bonds is 4. The number of ether oxygens (including phenoxy) is 1. The minimum atomic E-state index is -0.683. The molecule has 1 aromatic heterocycles. The molecule has 2 amide bonds. The lowest BCUT2D eigenvalue weighted by atomic mass is 9.79. The molecular weight excluding hydrogens is 300 g/mol. The molecule has 1 aliphatic heterocycles. The highest BCUT2D eigenvalue weighted by Crippen LogP contribution is 2.31. The van der Waals surface area contributed by atoms with Crippen LogP contribution in [0.5, 0.6) is 0 Å². The molecule has 22 heavy (non-hydrogen) atoms. The van der Waals surface area contributed by atoms with E-state index < -0.39 is 5.41 Å². The summed E-state index contributed by atoms with van der Waals surface area (Å²) in [6.07, 6.45) is 1.11. The Hall–Kier alpha value is -1.40. The predicted octanol–water partition coefficient (Wildman–Crippen LogP) is 2.06. The number of carbonyl (C=O) groups excluding carboxylic acids is 2. The van der Waals surface area contributed by atoms with Crippen LogP contribution in [0.1, 0.15) is 48.2 Å². The molecule has 1 fully saturated rings. The lowest BCUT2D eigenvalue weighted by Gasteiger charge is -2.34. The highest BCUT2D eigenvalue weighted by Gasteiger charge is 2.38. The van der Waals surface area contributed by atoms with E-state index in [-0.39, 0.29) is 23.8 Å². The molecule has 2 heterocycles. The maximum absolute atomic E-state index is 12.3. The average molecular weight is 324 g/mol. The van der Waals surface area contributed by atoms with Crippen molar-refractivity contribution in [2.24, 2.45) is 11.1 Å². The zero-order valence-electron chi connectivity index (χ0n) is 13.4. The molecule has 0 unspecified atom stereocenters. The van der Waals surface area contributed by atoms with Crippen LogP contribution in [0.25, 0.3) is 0 Å². The maximum Gasteiger partial charge on any atom is 0.261 e. The topological polar surface area (TPSA) is 81.4 Å². The number of hydrogen-bond donors (Lipinski definition) is 2. The summed E-state index contributed by atoms with van der Waals surface area (Å²) in [5, 5.41) is 2.87. The van der Waals surface area contributed by atoms with Crippen LogP contribution in [-0.2, 0) is 14.9 Å². The summed E-state index contributed by atoms with van der Waals surface area (Å²) >= 11 is 1.49. The van der Waals surface area contributed by atoms with Gasteiger partial charge in [0.2, 0.25) is 5.91 Å². The lowest BCUT2D eigenvalue weighted by molar-refractivity contribution is -0.132. The van der Waals surface area contributed by atoms with E-state index in [0.717, 1.165) is 4.88 Å². The third kappa shape index (κ3) is 3.67. The van der Waals surface area contributed by atoms with Gasteiger partial charge in [0.25, 0.3) is 5.91 Å². The standard InChI is InChI=1S/C16H24N2O3S/c1-15(2,3)12-5-4-11(22-12)13(19)18-10-16(14(17)20)6-8-21-9-7-16/h4-5H,6-10H2,1-3H3,(H2,17,20)(H,18,19). The van der Waals surface area contributed by atoms with Crippen LogP contribution < -0.4 is 11.1 Å². The maximum atomic E-state index is 12.3. The van der Waals surface area contributed by atoms with E-state index in [9.17, 15) is 9.59 Å². The lowest BCUT2D eigenvalue weighted by Crippen LogP contribution is -2.49. The summed E-state index contributed by atoms with van der Waals surface area (Å²) in [4.78, 5) is 25.9. The van der Waals surface area contributed by atoms with Crippen molar-refractivity contribution in [3.05, 3.63) is 21.9 Å². The molecule has 3 N–H and O–H groups in total. The molecule has 0 radical (unpaired) electrons. The highest BCUT2D eigenvalue weighted by atomic mass is 32.1. The Labute approximate surface area is 135 Å². The summed E-state index contributed by atoms with van der Waals surface area (Å²) < 4.78 is 5.29. The number of hydrogen-bond acceptors (Lipinski definition) is 4. The third-order valence-electron chi connectivity index (χ3n) is 4.13. The number of thiophene rings is 1. The third-order valence-corrected chi connectivity index (χ3v) is 5.64. The molecule has 0 spiro atoms. The SMILES string of the molecule is CC(C)(C)c1ccc(C(=O)NCC2(C(N)=O)CCOCC2)s1. The fraction of sp³-hybridized carbons (Fsp3) is 0.625. The van der Waals surface area contributed by atoms with Crippen molar-refractivity contribution in [3.8, 4) is 0 Å². The Bertz CT molecular complexity index is 554. The van der Waals surface area contributed by atoms with Gasteiger partial charge in [-0.25, -0.2) is 0 Å². The van der Waals surface area contributed by atoms with E-state index in [4.69, 9.17) is 10.5 Å². The van der Waals surface area contributed by atoms with Gasteiger partial charge in [-0.1, -0.05) is 20.8 Å².